The van der Waals surface area contributed by atoms with Crippen LogP contribution in [0.25, 0.3) is 11.1 Å². The van der Waals surface area contributed by atoms with Crippen LogP contribution in [-0.2, 0) is 28.9 Å². The van der Waals surface area contributed by atoms with E-state index >= 15 is 0 Å². The van der Waals surface area contributed by atoms with Crippen molar-refractivity contribution in [3.63, 3.8) is 0 Å². The number of carbonyl (C=O) groups excluding carboxylic acids is 1. The lowest BCUT2D eigenvalue weighted by molar-refractivity contribution is -0.129. The van der Waals surface area contributed by atoms with Crippen LogP contribution in [0.2, 0.25) is 0 Å². The molecule has 0 N–H and O–H groups in total. The zero-order valence-electron chi connectivity index (χ0n) is 20.6. The summed E-state index contributed by atoms with van der Waals surface area (Å²) in [6.07, 6.45) is 8.20. The van der Waals surface area contributed by atoms with Crippen LogP contribution < -0.4 is 4.90 Å². The summed E-state index contributed by atoms with van der Waals surface area (Å²) in [6.45, 7) is 5.29. The molecule has 0 atom stereocenters. The molecule has 0 unspecified atom stereocenters. The van der Waals surface area contributed by atoms with Gasteiger partial charge in [-0.25, -0.2) is 0 Å². The van der Waals surface area contributed by atoms with Gasteiger partial charge in [0.1, 0.15) is 0 Å². The van der Waals surface area contributed by atoms with Crippen molar-refractivity contribution in [1.29, 1.82) is 5.26 Å². The SMILES string of the molecule is CC(=O)N1CCc2c(c(N3CCCc4cc(-c5ccncc5)c(C#N)cc43)nn2C2CCOCC2)C1. The van der Waals surface area contributed by atoms with Crippen molar-refractivity contribution in [2.45, 2.75) is 51.6 Å². The molecule has 1 fully saturated rings. The summed E-state index contributed by atoms with van der Waals surface area (Å²) >= 11 is 0. The zero-order valence-corrected chi connectivity index (χ0v) is 20.6. The van der Waals surface area contributed by atoms with Crippen molar-refractivity contribution >= 4 is 17.4 Å². The molecule has 1 amide bonds. The Morgan fingerprint density at radius 3 is 2.69 bits per heavy atom. The van der Waals surface area contributed by atoms with Gasteiger partial charge in [0.05, 0.1) is 24.2 Å². The highest BCUT2D eigenvalue weighted by Gasteiger charge is 2.33. The average Bonchev–Trinajstić information content (AvgIpc) is 3.31. The fourth-order valence-electron chi connectivity index (χ4n) is 5.86. The predicted octanol–water partition coefficient (Wildman–Crippen LogP) is 4.16. The molecule has 3 aliphatic heterocycles. The summed E-state index contributed by atoms with van der Waals surface area (Å²) in [4.78, 5) is 20.6. The maximum absolute atomic E-state index is 12.3. The summed E-state index contributed by atoms with van der Waals surface area (Å²) in [6, 6.07) is 10.8. The number of anilines is 2. The first kappa shape index (κ1) is 22.7. The van der Waals surface area contributed by atoms with Crippen LogP contribution in [0, 0.1) is 11.3 Å². The van der Waals surface area contributed by atoms with Crippen molar-refractivity contribution in [3.05, 3.63) is 59.0 Å². The molecule has 8 heteroatoms. The summed E-state index contributed by atoms with van der Waals surface area (Å²) in [5, 5.41) is 15.3. The molecule has 2 aromatic heterocycles. The van der Waals surface area contributed by atoms with Crippen LogP contribution in [0.15, 0.2) is 36.7 Å². The van der Waals surface area contributed by atoms with Gasteiger partial charge in [-0.3, -0.25) is 14.5 Å². The maximum Gasteiger partial charge on any atom is 0.219 e. The maximum atomic E-state index is 12.3. The van der Waals surface area contributed by atoms with E-state index in [1.54, 1.807) is 19.3 Å². The Labute approximate surface area is 211 Å². The van der Waals surface area contributed by atoms with E-state index in [0.717, 1.165) is 86.6 Å². The molecule has 36 heavy (non-hydrogen) atoms. The molecule has 0 spiro atoms. The highest BCUT2D eigenvalue weighted by atomic mass is 16.5. The lowest BCUT2D eigenvalue weighted by Gasteiger charge is -2.33. The van der Waals surface area contributed by atoms with Gasteiger partial charge < -0.3 is 14.5 Å². The Morgan fingerprint density at radius 1 is 1.14 bits per heavy atom. The van der Waals surface area contributed by atoms with E-state index < -0.39 is 0 Å². The average molecular weight is 483 g/mol. The molecular formula is C28H30N6O2. The molecule has 0 radical (unpaired) electrons. The molecular weight excluding hydrogens is 452 g/mol. The highest BCUT2D eigenvalue weighted by Crippen LogP contribution is 2.41. The molecule has 0 bridgehead atoms. The number of fused-ring (bicyclic) bond motifs is 2. The van der Waals surface area contributed by atoms with Crippen LogP contribution in [-0.4, -0.2) is 51.9 Å². The number of benzene rings is 1. The van der Waals surface area contributed by atoms with Gasteiger partial charge in [-0.2, -0.15) is 10.4 Å². The molecule has 0 aliphatic carbocycles. The van der Waals surface area contributed by atoms with Gasteiger partial charge in [-0.15, -0.1) is 0 Å². The van der Waals surface area contributed by atoms with Gasteiger partial charge in [0.2, 0.25) is 5.91 Å². The second-order valence-corrected chi connectivity index (χ2v) is 9.86. The van der Waals surface area contributed by atoms with Crippen LogP contribution in [0.3, 0.4) is 0 Å². The second-order valence-electron chi connectivity index (χ2n) is 9.86. The number of nitrogens with zero attached hydrogens (tertiary/aromatic N) is 6. The minimum Gasteiger partial charge on any atom is -0.381 e. The minimum absolute atomic E-state index is 0.0956. The first-order valence-electron chi connectivity index (χ1n) is 12.8. The number of nitriles is 1. The molecule has 1 aromatic carbocycles. The summed E-state index contributed by atoms with van der Waals surface area (Å²) in [5.41, 5.74) is 7.26. The normalized spacial score (nSPS) is 17.9. The smallest absolute Gasteiger partial charge is 0.219 e. The zero-order chi connectivity index (χ0) is 24.6. The minimum atomic E-state index is 0.0956. The molecule has 184 valence electrons. The molecule has 0 saturated carbocycles. The van der Waals surface area contributed by atoms with Gasteiger partial charge in [-0.05, 0) is 66.6 Å². The van der Waals surface area contributed by atoms with Gasteiger partial charge >= 0.3 is 0 Å². The van der Waals surface area contributed by atoms with E-state index in [1.807, 2.05) is 23.1 Å². The number of aryl methyl sites for hydroxylation is 1. The summed E-state index contributed by atoms with van der Waals surface area (Å²) in [5.74, 6) is 1.03. The number of hydrogen-bond donors (Lipinski definition) is 0. The Kier molecular flexibility index (Phi) is 5.94. The largest absolute Gasteiger partial charge is 0.381 e. The van der Waals surface area contributed by atoms with E-state index in [1.165, 1.54) is 11.3 Å². The Balaban J connectivity index is 1.46. The monoisotopic (exact) mass is 482 g/mol. The van der Waals surface area contributed by atoms with E-state index in [9.17, 15) is 10.1 Å². The number of pyridine rings is 1. The number of rotatable bonds is 3. The molecule has 6 rings (SSSR count). The molecule has 3 aromatic rings. The second kappa shape index (κ2) is 9.40. The van der Waals surface area contributed by atoms with Crippen LogP contribution in [0.1, 0.15) is 54.6 Å². The molecule has 3 aliphatic rings. The van der Waals surface area contributed by atoms with E-state index in [2.05, 4.69) is 26.7 Å². The lowest BCUT2D eigenvalue weighted by atomic mass is 9.92. The number of amides is 1. The first-order chi connectivity index (χ1) is 17.6. The van der Waals surface area contributed by atoms with Crippen LogP contribution >= 0.6 is 0 Å². The number of aromatic nitrogens is 3. The third kappa shape index (κ3) is 3.94. The topological polar surface area (TPSA) is 87.3 Å². The van der Waals surface area contributed by atoms with Gasteiger partial charge in [0.15, 0.2) is 5.82 Å². The van der Waals surface area contributed by atoms with E-state index in [-0.39, 0.29) is 5.91 Å². The Morgan fingerprint density at radius 2 is 1.94 bits per heavy atom. The predicted molar refractivity (Wildman–Crippen MR) is 136 cm³/mol. The first-order valence-corrected chi connectivity index (χ1v) is 12.8. The number of ether oxygens (including phenoxy) is 1. The number of hydrogen-bond acceptors (Lipinski definition) is 6. The molecule has 5 heterocycles. The lowest BCUT2D eigenvalue weighted by Crippen LogP contribution is -2.36. The quantitative estimate of drug-likeness (QED) is 0.557. The summed E-state index contributed by atoms with van der Waals surface area (Å²) in [7, 11) is 0. The van der Waals surface area contributed by atoms with E-state index in [0.29, 0.717) is 18.2 Å². The van der Waals surface area contributed by atoms with Crippen molar-refractivity contribution < 1.29 is 9.53 Å². The van der Waals surface area contributed by atoms with Crippen LogP contribution in [0.5, 0.6) is 0 Å². The van der Waals surface area contributed by atoms with Gasteiger partial charge in [-0.1, -0.05) is 0 Å². The highest BCUT2D eigenvalue weighted by molar-refractivity contribution is 5.79. The fourth-order valence-corrected chi connectivity index (χ4v) is 5.86. The van der Waals surface area contributed by atoms with Crippen molar-refractivity contribution in [3.8, 4) is 17.2 Å². The Hall–Kier alpha value is -3.70. The standard InChI is InChI=1S/C28H30N6O2/c1-19(35)32-12-6-26-25(18-32)28(31-34(26)23-7-13-36-14-8-23)33-11-2-3-21-15-24(20-4-9-30-10-5-20)22(17-29)16-27(21)33/h4-5,9-10,15-16,23H,2-3,6-8,11-14,18H2,1H3. The van der Waals surface area contributed by atoms with Crippen molar-refractivity contribution in [2.75, 3.05) is 31.2 Å². The Bertz CT molecular complexity index is 1340. The molecule has 8 nitrogen and oxygen atoms in total. The van der Waals surface area contributed by atoms with Crippen molar-refractivity contribution in [2.24, 2.45) is 0 Å². The van der Waals surface area contributed by atoms with E-state index in [4.69, 9.17) is 9.84 Å². The van der Waals surface area contributed by atoms with Crippen molar-refractivity contribution in [1.82, 2.24) is 19.7 Å². The number of carbonyl (C=O) groups is 1. The third-order valence-electron chi connectivity index (χ3n) is 7.75. The third-order valence-corrected chi connectivity index (χ3v) is 7.75. The van der Waals surface area contributed by atoms with Crippen LogP contribution in [0.4, 0.5) is 11.5 Å². The van der Waals surface area contributed by atoms with Gasteiger partial charge in [0, 0.05) is 69.0 Å². The summed E-state index contributed by atoms with van der Waals surface area (Å²) < 4.78 is 7.85. The fraction of sp³-hybridized carbons (Fsp3) is 0.429. The van der Waals surface area contributed by atoms with Gasteiger partial charge in [0.25, 0.3) is 0 Å². The molecule has 1 saturated heterocycles.